The zero-order valence-corrected chi connectivity index (χ0v) is 25.3. The summed E-state index contributed by atoms with van der Waals surface area (Å²) in [5, 5.41) is 0.180. The van der Waals surface area contributed by atoms with Crippen molar-refractivity contribution in [2.45, 2.75) is 116 Å². The Balaban J connectivity index is 1.51. The molecule has 3 saturated carbocycles. The standard InChI is InChI=1S/C28H45F3O4SSi/c1-18(34-36(32,33)28(29,30)31)22-11-12-23-21-10-9-19-17-20(35-37(7,8)25(2,3)4)13-15-26(19,5)24(21)14-16-27(22,23)6/h9,20-24H,1,10-17H2,2-8H3/t20-,21-,22+,23-,24-,26-,27+/m0/s1. The van der Waals surface area contributed by atoms with E-state index in [1.165, 1.54) is 5.57 Å². The van der Waals surface area contributed by atoms with Crippen LogP contribution in [0.4, 0.5) is 13.2 Å². The third kappa shape index (κ3) is 4.88. The van der Waals surface area contributed by atoms with Crippen LogP contribution in [-0.2, 0) is 18.7 Å². The molecular formula is C28H45F3O4SSi. The third-order valence-electron chi connectivity index (χ3n) is 11.2. The number of allylic oxidation sites excluding steroid dienone is 2. The van der Waals surface area contributed by atoms with E-state index in [0.717, 1.165) is 44.9 Å². The fourth-order valence-corrected chi connectivity index (χ4v) is 9.98. The highest BCUT2D eigenvalue weighted by atomic mass is 32.2. The monoisotopic (exact) mass is 562 g/mol. The quantitative estimate of drug-likeness (QED) is 0.111. The number of hydrogen-bond acceptors (Lipinski definition) is 4. The molecule has 0 saturated heterocycles. The molecule has 4 aliphatic rings. The zero-order valence-electron chi connectivity index (χ0n) is 23.5. The van der Waals surface area contributed by atoms with Crippen LogP contribution in [0.2, 0.25) is 18.1 Å². The van der Waals surface area contributed by atoms with Gasteiger partial charge in [0.1, 0.15) is 5.76 Å². The van der Waals surface area contributed by atoms with Crippen LogP contribution < -0.4 is 0 Å². The molecule has 0 radical (unpaired) electrons. The van der Waals surface area contributed by atoms with Gasteiger partial charge < -0.3 is 8.61 Å². The van der Waals surface area contributed by atoms with Gasteiger partial charge in [0.25, 0.3) is 0 Å². The lowest BCUT2D eigenvalue weighted by Gasteiger charge is -2.58. The van der Waals surface area contributed by atoms with Gasteiger partial charge in [-0.05, 0) is 98.1 Å². The first-order chi connectivity index (χ1) is 16.7. The molecule has 4 nitrogen and oxygen atoms in total. The van der Waals surface area contributed by atoms with Crippen molar-refractivity contribution < 1.29 is 30.2 Å². The van der Waals surface area contributed by atoms with Crippen LogP contribution in [0.25, 0.3) is 0 Å². The molecule has 9 heteroatoms. The van der Waals surface area contributed by atoms with E-state index < -0.39 is 23.9 Å². The first kappa shape index (κ1) is 29.2. The summed E-state index contributed by atoms with van der Waals surface area (Å²) in [5.74, 6) is 0.666. The lowest BCUT2D eigenvalue weighted by Crippen LogP contribution is -2.52. The summed E-state index contributed by atoms with van der Waals surface area (Å²) >= 11 is 0. The highest BCUT2D eigenvalue weighted by Crippen LogP contribution is 2.67. The van der Waals surface area contributed by atoms with Crippen molar-refractivity contribution in [3.63, 3.8) is 0 Å². The first-order valence-electron chi connectivity index (χ1n) is 13.8. The Kier molecular flexibility index (Phi) is 7.19. The minimum absolute atomic E-state index is 0.128. The minimum Gasteiger partial charge on any atom is -0.414 e. The molecule has 3 fully saturated rings. The summed E-state index contributed by atoms with van der Waals surface area (Å²) in [5.41, 5.74) is -4.09. The summed E-state index contributed by atoms with van der Waals surface area (Å²) in [6.45, 7) is 19.7. The van der Waals surface area contributed by atoms with Crippen molar-refractivity contribution in [3.05, 3.63) is 24.0 Å². The van der Waals surface area contributed by atoms with E-state index in [9.17, 15) is 21.6 Å². The van der Waals surface area contributed by atoms with Crippen LogP contribution in [-0.4, -0.2) is 28.3 Å². The van der Waals surface area contributed by atoms with Crippen LogP contribution in [0, 0.1) is 34.5 Å². The predicted octanol–water partition coefficient (Wildman–Crippen LogP) is 8.34. The maximum atomic E-state index is 12.9. The molecule has 4 rings (SSSR count). The summed E-state index contributed by atoms with van der Waals surface area (Å²) in [4.78, 5) is 0. The Labute approximate surface area is 222 Å². The molecule has 0 aromatic carbocycles. The Morgan fingerprint density at radius 2 is 1.70 bits per heavy atom. The number of halogens is 3. The van der Waals surface area contributed by atoms with Crippen molar-refractivity contribution in [1.29, 1.82) is 0 Å². The second-order valence-electron chi connectivity index (χ2n) is 14.1. The average molecular weight is 563 g/mol. The smallest absolute Gasteiger partial charge is 0.414 e. The maximum absolute atomic E-state index is 12.9. The van der Waals surface area contributed by atoms with E-state index in [1.807, 2.05) is 0 Å². The second-order valence-corrected chi connectivity index (χ2v) is 20.4. The molecule has 0 bridgehead atoms. The Hall–Kier alpha value is -0.803. The Morgan fingerprint density at radius 1 is 1.05 bits per heavy atom. The number of fused-ring (bicyclic) bond motifs is 5. The van der Waals surface area contributed by atoms with E-state index in [1.54, 1.807) is 0 Å². The van der Waals surface area contributed by atoms with Gasteiger partial charge in [-0.1, -0.05) is 52.8 Å². The van der Waals surface area contributed by atoms with Gasteiger partial charge in [-0.2, -0.15) is 21.6 Å². The van der Waals surface area contributed by atoms with Crippen molar-refractivity contribution in [2.75, 3.05) is 0 Å². The average Bonchev–Trinajstić information content (AvgIpc) is 3.09. The molecule has 0 N–H and O–H groups in total. The van der Waals surface area contributed by atoms with Crippen molar-refractivity contribution in [3.8, 4) is 0 Å². The molecular weight excluding hydrogens is 517 g/mol. The van der Waals surface area contributed by atoms with E-state index >= 15 is 0 Å². The van der Waals surface area contributed by atoms with Gasteiger partial charge in [-0.25, -0.2) is 0 Å². The van der Waals surface area contributed by atoms with E-state index in [4.69, 9.17) is 4.43 Å². The van der Waals surface area contributed by atoms with E-state index in [2.05, 4.69) is 64.6 Å². The first-order valence-corrected chi connectivity index (χ1v) is 18.1. The second kappa shape index (κ2) is 9.12. The number of rotatable bonds is 5. The Bertz CT molecular complexity index is 1060. The zero-order chi connectivity index (χ0) is 27.8. The predicted molar refractivity (Wildman–Crippen MR) is 142 cm³/mol. The molecule has 7 atom stereocenters. The fourth-order valence-electron chi connectivity index (χ4n) is 8.10. The largest absolute Gasteiger partial charge is 0.534 e. The lowest BCUT2D eigenvalue weighted by atomic mass is 9.47. The van der Waals surface area contributed by atoms with Crippen molar-refractivity contribution in [2.24, 2.45) is 34.5 Å². The van der Waals surface area contributed by atoms with Gasteiger partial charge in [0.15, 0.2) is 8.32 Å². The van der Waals surface area contributed by atoms with E-state index in [-0.39, 0.29) is 33.6 Å². The minimum atomic E-state index is -5.69. The lowest BCUT2D eigenvalue weighted by molar-refractivity contribution is -0.0577. The number of hydrogen-bond donors (Lipinski definition) is 0. The van der Waals surface area contributed by atoms with Crippen LogP contribution in [0.3, 0.4) is 0 Å². The van der Waals surface area contributed by atoms with Gasteiger partial charge in [-0.3, -0.25) is 0 Å². The molecule has 0 unspecified atom stereocenters. The molecule has 0 amide bonds. The SMILES string of the molecule is C=C(OS(=O)(=O)C(F)(F)F)[C@H]1CC[C@H]2[C@@H]3CC=C4C[C@@H](O[Si](C)(C)C(C)(C)C)CC[C@]4(C)[C@H]3CC[C@]12C. The molecule has 0 spiro atoms. The highest BCUT2D eigenvalue weighted by molar-refractivity contribution is 7.87. The summed E-state index contributed by atoms with van der Waals surface area (Å²) < 4.78 is 73.5. The van der Waals surface area contributed by atoms with Crippen LogP contribution in [0.1, 0.15) is 86.0 Å². The molecule has 4 aliphatic carbocycles. The summed E-state index contributed by atoms with van der Waals surface area (Å²) in [6.07, 6.45) is 10.2. The summed E-state index contributed by atoms with van der Waals surface area (Å²) in [6, 6.07) is 0. The molecule has 212 valence electrons. The normalized spacial score (nSPS) is 38.8. The van der Waals surface area contributed by atoms with Crippen LogP contribution >= 0.6 is 0 Å². The molecule has 0 aromatic heterocycles. The fraction of sp³-hybridized carbons (Fsp3) is 0.857. The summed E-state index contributed by atoms with van der Waals surface area (Å²) in [7, 11) is -7.54. The van der Waals surface area contributed by atoms with Gasteiger partial charge in [-0.15, -0.1) is 0 Å². The van der Waals surface area contributed by atoms with Crippen LogP contribution in [0.15, 0.2) is 24.0 Å². The van der Waals surface area contributed by atoms with Crippen LogP contribution in [0.5, 0.6) is 0 Å². The van der Waals surface area contributed by atoms with Gasteiger partial charge >= 0.3 is 15.6 Å². The van der Waals surface area contributed by atoms with Gasteiger partial charge in [0.05, 0.1) is 0 Å². The van der Waals surface area contributed by atoms with Gasteiger partial charge in [0.2, 0.25) is 0 Å². The highest BCUT2D eigenvalue weighted by Gasteiger charge is 2.60. The van der Waals surface area contributed by atoms with Gasteiger partial charge in [0, 0.05) is 12.0 Å². The maximum Gasteiger partial charge on any atom is 0.534 e. The topological polar surface area (TPSA) is 52.6 Å². The molecule has 37 heavy (non-hydrogen) atoms. The molecule has 0 heterocycles. The third-order valence-corrected chi connectivity index (χ3v) is 16.8. The molecule has 0 aliphatic heterocycles. The van der Waals surface area contributed by atoms with E-state index in [0.29, 0.717) is 24.2 Å². The number of alkyl halides is 3. The molecule has 0 aromatic rings. The Morgan fingerprint density at radius 3 is 2.30 bits per heavy atom. The van der Waals surface area contributed by atoms with Crippen molar-refractivity contribution >= 4 is 18.4 Å². The van der Waals surface area contributed by atoms with Crippen molar-refractivity contribution in [1.82, 2.24) is 0 Å².